The van der Waals surface area contributed by atoms with Crippen LogP contribution in [0.4, 0.5) is 5.82 Å². The number of ether oxygens (including phenoxy) is 3. The van der Waals surface area contributed by atoms with Gasteiger partial charge in [-0.2, -0.15) is 0 Å². The molecule has 0 unspecified atom stereocenters. The van der Waals surface area contributed by atoms with Crippen molar-refractivity contribution in [3.05, 3.63) is 82.9 Å². The van der Waals surface area contributed by atoms with Crippen molar-refractivity contribution < 1.29 is 23.6 Å². The fourth-order valence-corrected chi connectivity index (χ4v) is 5.48. The van der Waals surface area contributed by atoms with Gasteiger partial charge in [0, 0.05) is 24.8 Å². The van der Waals surface area contributed by atoms with Crippen molar-refractivity contribution in [3.63, 3.8) is 0 Å². The monoisotopic (exact) mass is 514 g/mol. The average molecular weight is 515 g/mol. The topological polar surface area (TPSA) is 87.6 Å². The summed E-state index contributed by atoms with van der Waals surface area (Å²) in [5.41, 5.74) is 10.2. The van der Waals surface area contributed by atoms with Crippen LogP contribution in [0.3, 0.4) is 0 Å². The van der Waals surface area contributed by atoms with Crippen LogP contribution in [0.5, 0.6) is 17.4 Å². The van der Waals surface area contributed by atoms with Crippen LogP contribution in [0.1, 0.15) is 63.1 Å². The normalized spacial score (nSPS) is 17.9. The van der Waals surface area contributed by atoms with E-state index in [0.29, 0.717) is 49.9 Å². The highest BCUT2D eigenvalue weighted by molar-refractivity contribution is 6.00. The molecule has 1 aromatic heterocycles. The third kappa shape index (κ3) is 4.97. The van der Waals surface area contributed by atoms with E-state index in [1.807, 2.05) is 66.9 Å². The number of benzene rings is 2. The number of hydrogen-bond acceptors (Lipinski definition) is 6. The predicted molar refractivity (Wildman–Crippen MR) is 145 cm³/mol. The predicted octanol–water partition coefficient (Wildman–Crippen LogP) is 5.16. The van der Waals surface area contributed by atoms with Gasteiger partial charge in [-0.3, -0.25) is 4.79 Å². The Hall–Kier alpha value is -3.87. The lowest BCUT2D eigenvalue weighted by molar-refractivity contribution is -0.685. The molecular formula is C31H36N3O4+. The molecule has 2 aromatic carbocycles. The molecule has 1 atom stereocenters. The summed E-state index contributed by atoms with van der Waals surface area (Å²) in [5, 5.41) is 0. The second kappa shape index (κ2) is 10.5. The molecule has 2 N–H and O–H groups in total. The van der Waals surface area contributed by atoms with E-state index in [4.69, 9.17) is 19.9 Å². The van der Waals surface area contributed by atoms with Crippen LogP contribution >= 0.6 is 0 Å². The first kappa shape index (κ1) is 25.8. The van der Waals surface area contributed by atoms with Crippen LogP contribution in [0.25, 0.3) is 0 Å². The first-order valence-corrected chi connectivity index (χ1v) is 13.4. The molecule has 0 radical (unpaired) electrons. The Kier molecular flexibility index (Phi) is 7.11. The Morgan fingerprint density at radius 3 is 2.53 bits per heavy atom. The van der Waals surface area contributed by atoms with Crippen LogP contribution < -0.4 is 24.5 Å². The van der Waals surface area contributed by atoms with Crippen LogP contribution in [0.2, 0.25) is 0 Å². The Morgan fingerprint density at radius 2 is 1.79 bits per heavy atom. The maximum absolute atomic E-state index is 13.5. The van der Waals surface area contributed by atoms with E-state index in [9.17, 15) is 4.79 Å². The van der Waals surface area contributed by atoms with Crippen molar-refractivity contribution >= 4 is 11.6 Å². The molecule has 7 heteroatoms. The molecule has 198 valence electrons. The van der Waals surface area contributed by atoms with E-state index in [1.54, 1.807) is 6.33 Å². The molecule has 2 aliphatic rings. The first-order chi connectivity index (χ1) is 18.3. The van der Waals surface area contributed by atoms with Gasteiger partial charge in [0.1, 0.15) is 11.3 Å². The molecule has 0 fully saturated rings. The second-order valence-corrected chi connectivity index (χ2v) is 10.7. The van der Waals surface area contributed by atoms with Crippen molar-refractivity contribution in [2.24, 2.45) is 5.41 Å². The maximum Gasteiger partial charge on any atom is 0.305 e. The highest BCUT2D eigenvalue weighted by Crippen LogP contribution is 2.50. The molecule has 5 rings (SSSR count). The number of carbonyl (C=O) groups is 1. The highest BCUT2D eigenvalue weighted by atomic mass is 16.5. The summed E-state index contributed by atoms with van der Waals surface area (Å²) in [6.45, 7) is 9.87. The number of Topliss-reactive ketones (excluding diaryl/α,β-unsaturated/α-hetero) is 1. The van der Waals surface area contributed by atoms with E-state index in [-0.39, 0.29) is 17.1 Å². The molecule has 7 nitrogen and oxygen atoms in total. The van der Waals surface area contributed by atoms with Gasteiger partial charge in [0.05, 0.1) is 25.7 Å². The zero-order valence-electron chi connectivity index (χ0n) is 22.6. The zero-order chi connectivity index (χ0) is 26.9. The third-order valence-corrected chi connectivity index (χ3v) is 7.19. The maximum atomic E-state index is 13.5. The Balaban J connectivity index is 1.50. The molecule has 0 saturated heterocycles. The van der Waals surface area contributed by atoms with Gasteiger partial charge < -0.3 is 19.9 Å². The van der Waals surface area contributed by atoms with Crippen molar-refractivity contribution in [2.75, 3.05) is 18.9 Å². The Labute approximate surface area is 224 Å². The van der Waals surface area contributed by atoms with Gasteiger partial charge in [-0.25, -0.2) is 4.57 Å². The summed E-state index contributed by atoms with van der Waals surface area (Å²) in [4.78, 5) is 18.2. The second-order valence-electron chi connectivity index (χ2n) is 10.7. The van der Waals surface area contributed by atoms with Crippen LogP contribution in [-0.2, 0) is 17.8 Å². The number of rotatable bonds is 8. The molecule has 2 heterocycles. The number of fused-ring (bicyclic) bond motifs is 1. The number of aryl methyl sites for hydroxylation is 2. The lowest BCUT2D eigenvalue weighted by atomic mass is 9.70. The minimum absolute atomic E-state index is 0.114. The molecule has 38 heavy (non-hydrogen) atoms. The van der Waals surface area contributed by atoms with Crippen molar-refractivity contribution in [1.82, 2.24) is 4.98 Å². The molecule has 0 amide bonds. The number of nitrogens with zero attached hydrogens (tertiary/aromatic N) is 2. The van der Waals surface area contributed by atoms with E-state index >= 15 is 0 Å². The molecular weight excluding hydrogens is 478 g/mol. The standard InChI is InChI=1S/C31H35N3O4/c1-5-36-23-13-12-20(16-24(23)37-6-2)14-15-34-19-33-30-28(29(34)32)26(21-10-8-7-9-11-21)27-22(35)17-31(3,4)18-25(27)38-30/h7-13,16,19,26,32H,5-6,14-15,17-18H2,1-4H3/p+1/t26-/m1/s1. The van der Waals surface area contributed by atoms with Gasteiger partial charge >= 0.3 is 5.88 Å². The molecule has 3 aromatic rings. The summed E-state index contributed by atoms with van der Waals surface area (Å²) in [6, 6.07) is 16.1. The van der Waals surface area contributed by atoms with E-state index in [0.717, 1.165) is 40.4 Å². The number of anilines is 1. The lowest BCUT2D eigenvalue weighted by Crippen LogP contribution is -2.42. The van der Waals surface area contributed by atoms with Gasteiger partial charge in [-0.15, -0.1) is 0 Å². The molecule has 0 bridgehead atoms. The summed E-state index contributed by atoms with van der Waals surface area (Å²) in [7, 11) is 0. The number of allylic oxidation sites excluding steroid dienone is 2. The fourth-order valence-electron chi connectivity index (χ4n) is 5.48. The number of nitrogen functional groups attached to an aromatic ring is 1. The molecule has 0 spiro atoms. The first-order valence-electron chi connectivity index (χ1n) is 13.4. The van der Waals surface area contributed by atoms with Gasteiger partial charge in [-0.1, -0.05) is 55.2 Å². The van der Waals surface area contributed by atoms with Gasteiger partial charge in [0.2, 0.25) is 12.1 Å². The largest absolute Gasteiger partial charge is 0.490 e. The SMILES string of the molecule is CCOc1ccc(CC[n+]2cnc3c(c2N)[C@H](c2ccccc2)C2=C(CC(C)(C)CC2=O)O3)cc1OCC. The van der Waals surface area contributed by atoms with E-state index in [2.05, 4.69) is 18.8 Å². The smallest absolute Gasteiger partial charge is 0.305 e. The summed E-state index contributed by atoms with van der Waals surface area (Å²) < 4.78 is 19.7. The minimum atomic E-state index is -0.312. The van der Waals surface area contributed by atoms with Gasteiger partial charge in [0.15, 0.2) is 17.3 Å². The molecule has 1 aliphatic heterocycles. The minimum Gasteiger partial charge on any atom is -0.490 e. The number of nitrogens with two attached hydrogens (primary N) is 1. The quantitative estimate of drug-likeness (QED) is 0.418. The van der Waals surface area contributed by atoms with Gasteiger partial charge in [0.25, 0.3) is 0 Å². The number of aromatic nitrogens is 2. The lowest BCUT2D eigenvalue weighted by Gasteiger charge is -2.37. The van der Waals surface area contributed by atoms with Crippen molar-refractivity contribution in [2.45, 2.75) is 59.4 Å². The Morgan fingerprint density at radius 1 is 1.05 bits per heavy atom. The third-order valence-electron chi connectivity index (χ3n) is 7.19. The number of carbonyl (C=O) groups excluding carboxylic acids is 1. The van der Waals surface area contributed by atoms with Crippen molar-refractivity contribution in [3.8, 4) is 17.4 Å². The number of hydrogen-bond donors (Lipinski definition) is 1. The number of ketones is 1. The zero-order valence-corrected chi connectivity index (χ0v) is 22.6. The van der Waals surface area contributed by atoms with Crippen LogP contribution in [0, 0.1) is 5.41 Å². The fraction of sp³-hybridized carbons (Fsp3) is 0.387. The van der Waals surface area contributed by atoms with E-state index < -0.39 is 0 Å². The van der Waals surface area contributed by atoms with Crippen molar-refractivity contribution in [1.29, 1.82) is 0 Å². The van der Waals surface area contributed by atoms with Crippen LogP contribution in [-0.4, -0.2) is 24.0 Å². The highest BCUT2D eigenvalue weighted by Gasteiger charge is 2.45. The average Bonchev–Trinajstić information content (AvgIpc) is 2.88. The summed E-state index contributed by atoms with van der Waals surface area (Å²) >= 11 is 0. The van der Waals surface area contributed by atoms with Gasteiger partial charge in [-0.05, 0) is 42.5 Å². The van der Waals surface area contributed by atoms with E-state index in [1.165, 1.54) is 0 Å². The van der Waals surface area contributed by atoms with Crippen LogP contribution in [0.15, 0.2) is 66.2 Å². The molecule has 1 aliphatic carbocycles. The summed E-state index contributed by atoms with van der Waals surface area (Å²) in [6.07, 6.45) is 3.62. The Bertz CT molecular complexity index is 1380. The molecule has 0 saturated carbocycles. The summed E-state index contributed by atoms with van der Waals surface area (Å²) in [5.74, 6) is 3.05.